The van der Waals surface area contributed by atoms with Crippen LogP contribution in [-0.2, 0) is 16.8 Å². The van der Waals surface area contributed by atoms with Crippen LogP contribution in [0.15, 0.2) is 42.6 Å². The van der Waals surface area contributed by atoms with Gasteiger partial charge in [-0.15, -0.1) is 0 Å². The molecule has 0 spiro atoms. The van der Waals surface area contributed by atoms with Gasteiger partial charge in [0.2, 0.25) is 0 Å². The first kappa shape index (κ1) is 24.8. The molecular weight excluding hydrogens is 480 g/mol. The Balaban J connectivity index is 1.93. The summed E-state index contributed by atoms with van der Waals surface area (Å²) in [6.45, 7) is 0.562. The van der Waals surface area contributed by atoms with Crippen LogP contribution in [0, 0.1) is 11.6 Å². The number of likely N-dealkylation sites (N-methyl/N-ethyl adjacent to an activating group) is 1. The van der Waals surface area contributed by atoms with Gasteiger partial charge in [-0.25, -0.2) is 13.8 Å². The number of benzene rings is 2. The van der Waals surface area contributed by atoms with E-state index in [4.69, 9.17) is 31.5 Å². The highest BCUT2D eigenvalue weighted by molar-refractivity contribution is 6.34. The Morgan fingerprint density at radius 1 is 1.26 bits per heavy atom. The number of hydrogen-bond acceptors (Lipinski definition) is 6. The quantitative estimate of drug-likeness (QED) is 0.431. The molecule has 1 aromatic heterocycles. The predicted molar refractivity (Wildman–Crippen MR) is 127 cm³/mol. The molecule has 2 aromatic carbocycles. The number of carbonyl (C=O) groups excluding carboxylic acids is 1. The number of carbonyl (C=O) groups is 1. The standard InChI is InChI=1S/C25H24ClF2N3O4/c1-30-13-25(14-6-4-3-5-7-14)11-15-18(35-25)10-17(27)21(26)19(15)20-16(23(29)32)12-31-24(22(20)28)34-9-8-33-2/h3-7,10,12,30H,8-9,11,13H2,1-2H3,(H2,29,32). The van der Waals surface area contributed by atoms with Gasteiger partial charge in [-0.3, -0.25) is 4.79 Å². The molecule has 0 fully saturated rings. The smallest absolute Gasteiger partial charge is 0.251 e. The number of methoxy groups -OCH3 is 1. The molecule has 1 aliphatic heterocycles. The maximum Gasteiger partial charge on any atom is 0.251 e. The van der Waals surface area contributed by atoms with Gasteiger partial charge >= 0.3 is 0 Å². The molecule has 0 saturated carbocycles. The van der Waals surface area contributed by atoms with Crippen LogP contribution >= 0.6 is 11.6 Å². The van der Waals surface area contributed by atoms with Gasteiger partial charge in [0.05, 0.1) is 17.2 Å². The summed E-state index contributed by atoms with van der Waals surface area (Å²) in [4.78, 5) is 16.1. The molecule has 1 amide bonds. The molecule has 0 aliphatic carbocycles. The van der Waals surface area contributed by atoms with E-state index in [1.165, 1.54) is 13.2 Å². The van der Waals surface area contributed by atoms with E-state index >= 15 is 8.78 Å². The molecule has 2 heterocycles. The van der Waals surface area contributed by atoms with Crippen LogP contribution in [0.25, 0.3) is 11.1 Å². The Hall–Kier alpha value is -3.27. The van der Waals surface area contributed by atoms with Gasteiger partial charge in [0.15, 0.2) is 11.4 Å². The number of fused-ring (bicyclic) bond motifs is 1. The van der Waals surface area contributed by atoms with Gasteiger partial charge < -0.3 is 25.3 Å². The number of nitrogens with two attached hydrogens (primary N) is 1. The van der Waals surface area contributed by atoms with Gasteiger partial charge in [-0.2, -0.15) is 0 Å². The normalized spacial score (nSPS) is 16.6. The van der Waals surface area contributed by atoms with Crippen molar-refractivity contribution in [1.29, 1.82) is 0 Å². The van der Waals surface area contributed by atoms with Crippen LogP contribution in [0.1, 0.15) is 21.5 Å². The van der Waals surface area contributed by atoms with Crippen LogP contribution in [-0.4, -0.2) is 44.8 Å². The number of amides is 1. The Morgan fingerprint density at radius 3 is 2.66 bits per heavy atom. The first-order chi connectivity index (χ1) is 16.8. The van der Waals surface area contributed by atoms with Crippen molar-refractivity contribution < 1.29 is 27.8 Å². The molecule has 4 rings (SSSR count). The molecule has 1 atom stereocenters. The second-order valence-corrected chi connectivity index (χ2v) is 8.44. The molecule has 3 aromatic rings. The molecule has 1 unspecified atom stereocenters. The number of aromatic nitrogens is 1. The van der Waals surface area contributed by atoms with Crippen LogP contribution in [0.5, 0.6) is 11.6 Å². The van der Waals surface area contributed by atoms with E-state index in [0.717, 1.165) is 11.8 Å². The van der Waals surface area contributed by atoms with Crippen molar-refractivity contribution in [3.05, 3.63) is 75.9 Å². The van der Waals surface area contributed by atoms with Crippen molar-refractivity contribution in [3.63, 3.8) is 0 Å². The molecule has 1 aliphatic rings. The van der Waals surface area contributed by atoms with Crippen LogP contribution in [0.4, 0.5) is 8.78 Å². The third-order valence-corrected chi connectivity index (χ3v) is 6.21. The fraction of sp³-hybridized carbons (Fsp3) is 0.280. The lowest BCUT2D eigenvalue weighted by Gasteiger charge is -2.29. The number of halogens is 3. The molecule has 7 nitrogen and oxygen atoms in total. The Morgan fingerprint density at radius 2 is 2.00 bits per heavy atom. The molecule has 184 valence electrons. The van der Waals surface area contributed by atoms with E-state index in [0.29, 0.717) is 12.1 Å². The number of primary amides is 1. The summed E-state index contributed by atoms with van der Waals surface area (Å²) in [5.74, 6) is -2.97. The lowest BCUT2D eigenvalue weighted by Crippen LogP contribution is -2.41. The monoisotopic (exact) mass is 503 g/mol. The SMILES string of the molecule is CNCC1(c2ccccc2)Cc2c(cc(F)c(Cl)c2-c2c(C(N)=O)cnc(OCCOC)c2F)O1. The van der Waals surface area contributed by atoms with Crippen molar-refractivity contribution >= 4 is 17.5 Å². The van der Waals surface area contributed by atoms with Gasteiger partial charge in [-0.05, 0) is 12.6 Å². The van der Waals surface area contributed by atoms with Gasteiger partial charge in [0.25, 0.3) is 11.8 Å². The predicted octanol–water partition coefficient (Wildman–Crippen LogP) is 3.85. The third-order valence-electron chi connectivity index (χ3n) is 5.85. The first-order valence-electron chi connectivity index (χ1n) is 10.8. The van der Waals surface area contributed by atoms with E-state index in [1.54, 1.807) is 7.05 Å². The minimum Gasteiger partial charge on any atom is -0.480 e. The average molecular weight is 504 g/mol. The molecule has 0 radical (unpaired) electrons. The van der Waals surface area contributed by atoms with Gasteiger partial charge in [-0.1, -0.05) is 41.9 Å². The van der Waals surface area contributed by atoms with Crippen molar-refractivity contribution in [2.24, 2.45) is 5.73 Å². The minimum atomic E-state index is -0.988. The number of hydrogen-bond donors (Lipinski definition) is 2. The van der Waals surface area contributed by atoms with Crippen LogP contribution < -0.4 is 20.5 Å². The third kappa shape index (κ3) is 4.54. The Kier molecular flexibility index (Phi) is 7.20. The van der Waals surface area contributed by atoms with Crippen molar-refractivity contribution in [3.8, 4) is 22.8 Å². The summed E-state index contributed by atoms with van der Waals surface area (Å²) < 4.78 is 47.4. The highest BCUT2D eigenvalue weighted by Crippen LogP contribution is 2.50. The maximum atomic E-state index is 15.8. The highest BCUT2D eigenvalue weighted by Gasteiger charge is 2.43. The molecule has 0 bridgehead atoms. The number of rotatable bonds is 9. The summed E-state index contributed by atoms with van der Waals surface area (Å²) in [6, 6.07) is 10.6. The number of pyridine rings is 1. The van der Waals surface area contributed by atoms with E-state index in [1.807, 2.05) is 30.3 Å². The second-order valence-electron chi connectivity index (χ2n) is 8.07. The lowest BCUT2D eigenvalue weighted by atomic mass is 9.85. The summed E-state index contributed by atoms with van der Waals surface area (Å²) >= 11 is 6.41. The molecular formula is C25H24ClF2N3O4. The summed E-state index contributed by atoms with van der Waals surface area (Å²) in [6.07, 6.45) is 1.31. The fourth-order valence-electron chi connectivity index (χ4n) is 4.31. The second kappa shape index (κ2) is 10.2. The van der Waals surface area contributed by atoms with Crippen molar-refractivity contribution in [2.45, 2.75) is 12.0 Å². The van der Waals surface area contributed by atoms with Gasteiger partial charge in [0, 0.05) is 49.0 Å². The number of nitrogens with zero attached hydrogens (tertiary/aromatic N) is 1. The molecule has 35 heavy (non-hydrogen) atoms. The number of ether oxygens (including phenoxy) is 3. The Bertz CT molecular complexity index is 1260. The summed E-state index contributed by atoms with van der Waals surface area (Å²) in [5, 5.41) is 2.74. The topological polar surface area (TPSA) is 95.7 Å². The zero-order valence-corrected chi connectivity index (χ0v) is 19.9. The van der Waals surface area contributed by atoms with Crippen molar-refractivity contribution in [2.75, 3.05) is 33.9 Å². The van der Waals surface area contributed by atoms with Crippen molar-refractivity contribution in [1.82, 2.24) is 10.3 Å². The zero-order valence-electron chi connectivity index (χ0n) is 19.2. The van der Waals surface area contributed by atoms with E-state index in [2.05, 4.69) is 10.3 Å². The van der Waals surface area contributed by atoms with E-state index in [9.17, 15) is 4.79 Å². The fourth-order valence-corrected chi connectivity index (χ4v) is 4.58. The van der Waals surface area contributed by atoms with Crippen LogP contribution in [0.3, 0.4) is 0 Å². The summed E-state index contributed by atoms with van der Waals surface area (Å²) in [7, 11) is 3.23. The molecule has 0 saturated heterocycles. The highest BCUT2D eigenvalue weighted by atomic mass is 35.5. The van der Waals surface area contributed by atoms with Gasteiger partial charge in [0.1, 0.15) is 18.2 Å². The number of nitrogens with one attached hydrogen (secondary N) is 1. The van der Waals surface area contributed by atoms with Crippen LogP contribution in [0.2, 0.25) is 5.02 Å². The average Bonchev–Trinajstić information content (AvgIpc) is 3.21. The minimum absolute atomic E-state index is 0.00711. The molecule has 3 N–H and O–H groups in total. The van der Waals surface area contributed by atoms with E-state index in [-0.39, 0.29) is 53.0 Å². The molecule has 10 heteroatoms. The maximum absolute atomic E-state index is 15.8. The largest absolute Gasteiger partial charge is 0.480 e. The summed E-state index contributed by atoms with van der Waals surface area (Å²) in [5.41, 5.74) is 5.30. The Labute approximate surface area is 206 Å². The van der Waals surface area contributed by atoms with E-state index < -0.39 is 23.1 Å². The first-order valence-corrected chi connectivity index (χ1v) is 11.2. The lowest BCUT2D eigenvalue weighted by molar-refractivity contribution is 0.0940. The zero-order chi connectivity index (χ0) is 25.2.